The van der Waals surface area contributed by atoms with Crippen molar-refractivity contribution < 1.29 is 9.53 Å². The van der Waals surface area contributed by atoms with Crippen LogP contribution in [0, 0.1) is 0 Å². The first-order valence-electron chi connectivity index (χ1n) is 10.2. The third kappa shape index (κ3) is 4.89. The maximum atomic E-state index is 13.3. The van der Waals surface area contributed by atoms with Crippen LogP contribution in [0.1, 0.15) is 24.9 Å². The van der Waals surface area contributed by atoms with E-state index in [-0.39, 0.29) is 5.91 Å². The monoisotopic (exact) mass is 466 g/mol. The maximum absolute atomic E-state index is 13.3. The average Bonchev–Trinajstić information content (AvgIpc) is 3.17. The molecule has 1 N–H and O–H groups in total. The number of nitrogens with one attached hydrogen (secondary N) is 1. The van der Waals surface area contributed by atoms with Crippen LogP contribution in [0.25, 0.3) is 11.0 Å². The van der Waals surface area contributed by atoms with Crippen LogP contribution in [-0.4, -0.2) is 27.6 Å². The number of carbonyl (C=O) groups is 1. The van der Waals surface area contributed by atoms with E-state index in [0.717, 1.165) is 21.8 Å². The van der Waals surface area contributed by atoms with Gasteiger partial charge in [0.1, 0.15) is 11.8 Å². The molecule has 6 nitrogen and oxygen atoms in total. The average molecular weight is 467 g/mol. The van der Waals surface area contributed by atoms with Crippen molar-refractivity contribution in [2.24, 2.45) is 0 Å². The normalized spacial score (nSPS) is 12.0. The number of halogens is 1. The summed E-state index contributed by atoms with van der Waals surface area (Å²) < 4.78 is 7.25. The van der Waals surface area contributed by atoms with Crippen molar-refractivity contribution in [2.75, 3.05) is 12.4 Å². The van der Waals surface area contributed by atoms with Gasteiger partial charge in [0.2, 0.25) is 5.91 Å². The van der Waals surface area contributed by atoms with Crippen LogP contribution in [0.5, 0.6) is 5.75 Å². The molecule has 164 valence electrons. The SMILES string of the molecule is CC[C@H](C(=O)Nc1cccc(OC)c1)n1c(SCc2cccc(Cl)c2)nc2ccncc21. The number of thioether (sulfide) groups is 1. The van der Waals surface area contributed by atoms with Crippen molar-refractivity contribution in [3.8, 4) is 5.75 Å². The van der Waals surface area contributed by atoms with Crippen molar-refractivity contribution in [3.63, 3.8) is 0 Å². The lowest BCUT2D eigenvalue weighted by Crippen LogP contribution is -2.26. The van der Waals surface area contributed by atoms with E-state index in [4.69, 9.17) is 21.3 Å². The zero-order valence-electron chi connectivity index (χ0n) is 17.8. The molecular formula is C24H23ClN4O2S. The van der Waals surface area contributed by atoms with Gasteiger partial charge >= 0.3 is 0 Å². The number of ether oxygens (including phenoxy) is 1. The van der Waals surface area contributed by atoms with E-state index >= 15 is 0 Å². The van der Waals surface area contributed by atoms with Crippen molar-refractivity contribution in [3.05, 3.63) is 77.6 Å². The summed E-state index contributed by atoms with van der Waals surface area (Å²) >= 11 is 7.71. The van der Waals surface area contributed by atoms with E-state index in [0.29, 0.717) is 28.6 Å². The van der Waals surface area contributed by atoms with Crippen molar-refractivity contribution >= 4 is 46.0 Å². The number of aromatic nitrogens is 3. The van der Waals surface area contributed by atoms with E-state index in [9.17, 15) is 4.79 Å². The van der Waals surface area contributed by atoms with Gasteiger partial charge in [-0.05, 0) is 42.3 Å². The molecule has 1 amide bonds. The summed E-state index contributed by atoms with van der Waals surface area (Å²) in [5.74, 6) is 1.25. The van der Waals surface area contributed by atoms with E-state index in [1.54, 1.807) is 37.3 Å². The molecule has 8 heteroatoms. The van der Waals surface area contributed by atoms with E-state index in [1.165, 1.54) is 0 Å². The van der Waals surface area contributed by atoms with Gasteiger partial charge in [-0.3, -0.25) is 9.78 Å². The Morgan fingerprint density at radius 1 is 1.22 bits per heavy atom. The Labute approximate surface area is 196 Å². The van der Waals surface area contributed by atoms with Crippen LogP contribution >= 0.6 is 23.4 Å². The van der Waals surface area contributed by atoms with Crippen LogP contribution in [0.4, 0.5) is 5.69 Å². The smallest absolute Gasteiger partial charge is 0.247 e. The number of fused-ring (bicyclic) bond motifs is 1. The third-order valence-corrected chi connectivity index (χ3v) is 6.31. The molecule has 4 aromatic rings. The van der Waals surface area contributed by atoms with Gasteiger partial charge in [-0.2, -0.15) is 0 Å². The summed E-state index contributed by atoms with van der Waals surface area (Å²) in [6.45, 7) is 1.99. The molecular weight excluding hydrogens is 444 g/mol. The van der Waals surface area contributed by atoms with Crippen LogP contribution in [0.3, 0.4) is 0 Å². The molecule has 2 heterocycles. The second kappa shape index (κ2) is 10.1. The highest BCUT2D eigenvalue weighted by atomic mass is 35.5. The number of nitrogens with zero attached hydrogens (tertiary/aromatic N) is 3. The number of amides is 1. The number of pyridine rings is 1. The fourth-order valence-electron chi connectivity index (χ4n) is 3.51. The number of rotatable bonds is 8. The zero-order valence-corrected chi connectivity index (χ0v) is 19.4. The molecule has 2 aromatic heterocycles. The number of imidazole rings is 1. The van der Waals surface area contributed by atoms with Crippen molar-refractivity contribution in [2.45, 2.75) is 30.3 Å². The molecule has 0 unspecified atom stereocenters. The number of anilines is 1. The molecule has 0 bridgehead atoms. The summed E-state index contributed by atoms with van der Waals surface area (Å²) in [6, 6.07) is 16.5. The van der Waals surface area contributed by atoms with Crippen LogP contribution in [0.2, 0.25) is 5.02 Å². The second-order valence-electron chi connectivity index (χ2n) is 7.19. The van der Waals surface area contributed by atoms with Gasteiger partial charge in [0.15, 0.2) is 5.16 Å². The first-order valence-corrected chi connectivity index (χ1v) is 11.6. The summed E-state index contributed by atoms with van der Waals surface area (Å²) in [4.78, 5) is 22.4. The summed E-state index contributed by atoms with van der Waals surface area (Å²) in [7, 11) is 1.60. The number of carbonyl (C=O) groups excluding carboxylic acids is 1. The highest BCUT2D eigenvalue weighted by Gasteiger charge is 2.25. The molecule has 0 spiro atoms. The number of benzene rings is 2. The topological polar surface area (TPSA) is 69.0 Å². The predicted octanol–water partition coefficient (Wildman–Crippen LogP) is 5.98. The highest BCUT2D eigenvalue weighted by Crippen LogP contribution is 2.32. The van der Waals surface area contributed by atoms with Gasteiger partial charge in [-0.1, -0.05) is 48.5 Å². The minimum Gasteiger partial charge on any atom is -0.497 e. The van der Waals surface area contributed by atoms with E-state index in [2.05, 4.69) is 10.3 Å². The Morgan fingerprint density at radius 2 is 2.06 bits per heavy atom. The summed E-state index contributed by atoms with van der Waals surface area (Å²) in [5, 5.41) is 4.48. The molecule has 0 aliphatic carbocycles. The lowest BCUT2D eigenvalue weighted by Gasteiger charge is -2.20. The molecule has 0 aliphatic heterocycles. The quantitative estimate of drug-likeness (QED) is 0.324. The third-order valence-electron chi connectivity index (χ3n) is 5.05. The predicted molar refractivity (Wildman–Crippen MR) is 129 cm³/mol. The van der Waals surface area contributed by atoms with Gasteiger partial charge in [-0.15, -0.1) is 0 Å². The molecule has 0 fully saturated rings. The molecule has 0 radical (unpaired) electrons. The largest absolute Gasteiger partial charge is 0.497 e. The molecule has 1 atom stereocenters. The fraction of sp³-hybridized carbons (Fsp3) is 0.208. The number of hydrogen-bond acceptors (Lipinski definition) is 5. The van der Waals surface area contributed by atoms with E-state index in [1.807, 2.05) is 60.0 Å². The standard InChI is InChI=1S/C24H23ClN4O2S/c1-3-21(23(30)27-18-8-5-9-19(13-18)31-2)29-22-14-26-11-10-20(22)28-24(29)32-15-16-6-4-7-17(25)12-16/h4-14,21H,3,15H2,1-2H3,(H,27,30)/t21-/m1/s1. The van der Waals surface area contributed by atoms with Gasteiger partial charge in [0.05, 0.1) is 24.3 Å². The maximum Gasteiger partial charge on any atom is 0.247 e. The number of methoxy groups -OCH3 is 1. The zero-order chi connectivity index (χ0) is 22.5. The Balaban J connectivity index is 1.65. The van der Waals surface area contributed by atoms with Crippen LogP contribution < -0.4 is 10.1 Å². The Kier molecular flexibility index (Phi) is 6.97. The van der Waals surface area contributed by atoms with Gasteiger partial charge < -0.3 is 14.6 Å². The fourth-order valence-corrected chi connectivity index (χ4v) is 4.72. The minimum absolute atomic E-state index is 0.117. The minimum atomic E-state index is -0.447. The molecule has 4 rings (SSSR count). The van der Waals surface area contributed by atoms with Gasteiger partial charge in [0, 0.05) is 28.7 Å². The first kappa shape index (κ1) is 22.2. The lowest BCUT2D eigenvalue weighted by molar-refractivity contribution is -0.119. The lowest BCUT2D eigenvalue weighted by atomic mass is 10.2. The molecule has 0 saturated carbocycles. The molecule has 0 aliphatic rings. The van der Waals surface area contributed by atoms with Crippen LogP contribution in [-0.2, 0) is 10.5 Å². The summed E-state index contributed by atoms with van der Waals surface area (Å²) in [6.07, 6.45) is 4.07. The molecule has 2 aromatic carbocycles. The van der Waals surface area contributed by atoms with Crippen molar-refractivity contribution in [1.82, 2.24) is 14.5 Å². The second-order valence-corrected chi connectivity index (χ2v) is 8.57. The molecule has 0 saturated heterocycles. The van der Waals surface area contributed by atoms with Crippen molar-refractivity contribution in [1.29, 1.82) is 0 Å². The first-order chi connectivity index (χ1) is 15.6. The molecule has 32 heavy (non-hydrogen) atoms. The summed E-state index contributed by atoms with van der Waals surface area (Å²) in [5.41, 5.74) is 3.41. The Bertz CT molecular complexity index is 1240. The van der Waals surface area contributed by atoms with E-state index < -0.39 is 6.04 Å². The highest BCUT2D eigenvalue weighted by molar-refractivity contribution is 7.98. The Morgan fingerprint density at radius 3 is 2.84 bits per heavy atom. The number of hydrogen-bond donors (Lipinski definition) is 1. The van der Waals surface area contributed by atoms with Gasteiger partial charge in [0.25, 0.3) is 0 Å². The Hall–Kier alpha value is -3.03. The van der Waals surface area contributed by atoms with Crippen LogP contribution in [0.15, 0.2) is 72.1 Å². The van der Waals surface area contributed by atoms with Gasteiger partial charge in [-0.25, -0.2) is 4.98 Å².